The lowest BCUT2D eigenvalue weighted by Gasteiger charge is -2.29. The van der Waals surface area contributed by atoms with Gasteiger partial charge in [0, 0.05) is 74.2 Å². The van der Waals surface area contributed by atoms with Crippen LogP contribution < -0.4 is 10.2 Å². The van der Waals surface area contributed by atoms with Crippen molar-refractivity contribution in [2.75, 3.05) is 45.2 Å². The number of benzene rings is 2. The third-order valence-corrected chi connectivity index (χ3v) is 11.0. The number of carbonyl (C=O) groups is 1. The lowest BCUT2D eigenvalue weighted by molar-refractivity contribution is -0.401. The molecule has 1 unspecified atom stereocenters. The summed E-state index contributed by atoms with van der Waals surface area (Å²) in [6.07, 6.45) is 15.1. The number of amides is 1. The minimum atomic E-state index is -4.28. The molecule has 2 aromatic carbocycles. The Hall–Kier alpha value is -3.53. The van der Waals surface area contributed by atoms with E-state index < -0.39 is 15.5 Å². The van der Waals surface area contributed by atoms with Gasteiger partial charge >= 0.3 is 0 Å². The van der Waals surface area contributed by atoms with E-state index in [1.54, 1.807) is 12.1 Å². The summed E-state index contributed by atoms with van der Waals surface area (Å²) < 4.78 is 35.2. The van der Waals surface area contributed by atoms with Crippen LogP contribution in [0.2, 0.25) is 0 Å². The van der Waals surface area contributed by atoms with Crippen molar-refractivity contribution >= 4 is 33.1 Å². The van der Waals surface area contributed by atoms with Crippen LogP contribution in [0.3, 0.4) is 0 Å². The quantitative estimate of drug-likeness (QED) is 0.142. The molecule has 2 N–H and O–H groups in total. The van der Waals surface area contributed by atoms with Gasteiger partial charge in [0.1, 0.15) is 7.05 Å². The number of piperazine rings is 1. The van der Waals surface area contributed by atoms with Crippen LogP contribution in [0, 0.1) is 6.92 Å². The Morgan fingerprint density at radius 1 is 1.00 bits per heavy atom. The summed E-state index contributed by atoms with van der Waals surface area (Å²) in [4.78, 5) is 16.8. The molecule has 1 fully saturated rings. The van der Waals surface area contributed by atoms with Crippen LogP contribution in [0.1, 0.15) is 69.6 Å². The van der Waals surface area contributed by atoms with Crippen molar-refractivity contribution in [1.82, 2.24) is 10.2 Å². The van der Waals surface area contributed by atoms with Crippen molar-refractivity contribution in [3.05, 3.63) is 89.2 Å². The van der Waals surface area contributed by atoms with E-state index in [1.807, 2.05) is 24.1 Å². The number of hydrogen-bond donors (Lipinski definition) is 2. The first-order chi connectivity index (χ1) is 21.7. The fourth-order valence-corrected chi connectivity index (χ4v) is 7.92. The van der Waals surface area contributed by atoms with Gasteiger partial charge in [0.2, 0.25) is 11.6 Å². The van der Waals surface area contributed by atoms with Crippen molar-refractivity contribution in [2.45, 2.75) is 75.5 Å². The average molecular weight is 646 g/mol. The highest BCUT2D eigenvalue weighted by Gasteiger charge is 2.44. The van der Waals surface area contributed by atoms with Gasteiger partial charge in [-0.05, 0) is 70.4 Å². The first-order valence-corrected chi connectivity index (χ1v) is 17.8. The van der Waals surface area contributed by atoms with E-state index in [1.165, 1.54) is 28.6 Å². The lowest BCUT2D eigenvalue weighted by atomic mass is 9.76. The summed E-state index contributed by atoms with van der Waals surface area (Å²) in [6, 6.07) is 11.5. The predicted octanol–water partition coefficient (Wildman–Crippen LogP) is 6.03. The second-order valence-corrected chi connectivity index (χ2v) is 15.0. The maximum Gasteiger partial charge on any atom is 0.294 e. The van der Waals surface area contributed by atoms with E-state index in [9.17, 15) is 17.8 Å². The van der Waals surface area contributed by atoms with Crippen LogP contribution in [-0.4, -0.2) is 74.3 Å². The summed E-state index contributed by atoms with van der Waals surface area (Å²) in [5, 5.41) is 3.31. The van der Waals surface area contributed by atoms with E-state index in [0.29, 0.717) is 6.42 Å². The molecule has 2 aromatic rings. The van der Waals surface area contributed by atoms with Gasteiger partial charge in [-0.3, -0.25) is 9.35 Å². The third-order valence-electron chi connectivity index (χ3n) is 10.1. The Bertz CT molecular complexity index is 1730. The molecule has 3 aliphatic heterocycles. The average Bonchev–Trinajstić information content (AvgIpc) is 3.34. The van der Waals surface area contributed by atoms with Crippen LogP contribution in [0.25, 0.3) is 0 Å². The van der Waals surface area contributed by atoms with Crippen molar-refractivity contribution in [3.63, 3.8) is 0 Å². The molecule has 3 aliphatic rings. The number of nitrogens with one attached hydrogen (secondary N) is 1. The molecule has 0 aliphatic carbocycles. The highest BCUT2D eigenvalue weighted by atomic mass is 32.2. The number of aryl methyl sites for hydroxylation is 1. The molecule has 0 aromatic heterocycles. The van der Waals surface area contributed by atoms with Gasteiger partial charge in [-0.1, -0.05) is 48.8 Å². The monoisotopic (exact) mass is 645 g/mol. The molecular formula is C37H49N4O4S+. The molecule has 1 amide bonds. The van der Waals surface area contributed by atoms with E-state index >= 15 is 0 Å². The largest absolute Gasteiger partial charge is 0.347 e. The molecule has 5 rings (SSSR count). The number of allylic oxidation sites excluding steroid dienone is 6. The van der Waals surface area contributed by atoms with Crippen molar-refractivity contribution < 1.29 is 22.3 Å². The molecule has 1 saturated heterocycles. The van der Waals surface area contributed by atoms with E-state index in [2.05, 4.69) is 86.0 Å². The smallest absolute Gasteiger partial charge is 0.294 e. The third kappa shape index (κ3) is 6.64. The number of nitrogens with zero attached hydrogens (tertiary/aromatic N) is 3. The Labute approximate surface area is 274 Å². The first kappa shape index (κ1) is 33.8. The summed E-state index contributed by atoms with van der Waals surface area (Å²) >= 11 is 0. The van der Waals surface area contributed by atoms with Gasteiger partial charge < -0.3 is 15.1 Å². The predicted molar refractivity (Wildman–Crippen MR) is 186 cm³/mol. The standard InChI is InChI=1S/C37H48N4O4S/c1-27-16-18-32-30(25-27)37(4,20-12-8-11-15-35(42)41-23-21-38-22-24-41)34(40(32)6)14-10-7-9-13-33-36(2,3)29-26-28(46(43,44)45)17-19-31(29)39(33)5/h7,9-10,13-14,16-19,25-26,38H,8,11-12,15,20-24H2,1-6H3/p+1. The maximum absolute atomic E-state index is 12.6. The molecule has 0 bridgehead atoms. The topological polar surface area (TPSA) is 93.0 Å². The summed E-state index contributed by atoms with van der Waals surface area (Å²) in [5.74, 6) is 0.283. The van der Waals surface area contributed by atoms with Crippen molar-refractivity contribution in [3.8, 4) is 0 Å². The first-order valence-electron chi connectivity index (χ1n) is 16.4. The fourth-order valence-electron chi connectivity index (χ4n) is 7.42. The summed E-state index contributed by atoms with van der Waals surface area (Å²) in [5.41, 5.74) is 7.35. The van der Waals surface area contributed by atoms with Crippen LogP contribution >= 0.6 is 0 Å². The Balaban J connectivity index is 1.29. The lowest BCUT2D eigenvalue weighted by Crippen LogP contribution is -2.46. The highest BCUT2D eigenvalue weighted by molar-refractivity contribution is 7.85. The van der Waals surface area contributed by atoms with Gasteiger partial charge in [0.25, 0.3) is 10.1 Å². The molecule has 1 atom stereocenters. The number of rotatable bonds is 10. The minimum Gasteiger partial charge on any atom is -0.347 e. The maximum atomic E-state index is 12.6. The highest BCUT2D eigenvalue weighted by Crippen LogP contribution is 2.50. The van der Waals surface area contributed by atoms with Crippen molar-refractivity contribution in [1.29, 1.82) is 0 Å². The van der Waals surface area contributed by atoms with Crippen LogP contribution in [0.5, 0.6) is 0 Å². The molecule has 46 heavy (non-hydrogen) atoms. The van der Waals surface area contributed by atoms with E-state index in [4.69, 9.17) is 0 Å². The van der Waals surface area contributed by atoms with E-state index in [-0.39, 0.29) is 16.2 Å². The van der Waals surface area contributed by atoms with Crippen LogP contribution in [-0.2, 0) is 25.7 Å². The van der Waals surface area contributed by atoms with Crippen LogP contribution in [0.15, 0.2) is 77.4 Å². The van der Waals surface area contributed by atoms with Gasteiger partial charge in [0.05, 0.1) is 10.3 Å². The zero-order chi connectivity index (χ0) is 33.3. The summed E-state index contributed by atoms with van der Waals surface area (Å²) in [7, 11) is -0.159. The van der Waals surface area contributed by atoms with Gasteiger partial charge in [-0.25, -0.2) is 0 Å². The SMILES string of the molecule is Cc1ccc2c(c1)C(C)(CCCCCC(=O)N1CCNCC1)\C(=C/C=C/C=C/C1=[N+](C)c3ccc(S(=O)(=O)O)cc3C1(C)C)N2C. The number of fused-ring (bicyclic) bond motifs is 2. The molecule has 0 spiro atoms. The zero-order valence-electron chi connectivity index (χ0n) is 28.1. The summed E-state index contributed by atoms with van der Waals surface area (Å²) in [6.45, 7) is 12.0. The second-order valence-electron chi connectivity index (χ2n) is 13.6. The number of carbonyl (C=O) groups excluding carboxylic acids is 1. The molecular weight excluding hydrogens is 596 g/mol. The minimum absolute atomic E-state index is 0.0897. The molecule has 0 radical (unpaired) electrons. The number of hydrogen-bond acceptors (Lipinski definition) is 5. The molecule has 0 saturated carbocycles. The zero-order valence-corrected chi connectivity index (χ0v) is 29.0. The second kappa shape index (κ2) is 13.3. The fraction of sp³-hybridized carbons (Fsp3) is 0.459. The van der Waals surface area contributed by atoms with Gasteiger partial charge in [-0.2, -0.15) is 13.0 Å². The van der Waals surface area contributed by atoms with Gasteiger partial charge in [-0.15, -0.1) is 0 Å². The number of unbranched alkanes of at least 4 members (excludes halogenated alkanes) is 2. The van der Waals surface area contributed by atoms with Gasteiger partial charge in [0.15, 0.2) is 5.71 Å². The number of likely N-dealkylation sites (N-methyl/N-ethyl adjacent to an activating group) is 1. The Morgan fingerprint density at radius 2 is 1.74 bits per heavy atom. The Kier molecular flexibility index (Phi) is 9.78. The van der Waals surface area contributed by atoms with Crippen LogP contribution in [0.4, 0.5) is 11.4 Å². The molecule has 246 valence electrons. The molecule has 3 heterocycles. The van der Waals surface area contributed by atoms with Crippen molar-refractivity contribution in [2.24, 2.45) is 0 Å². The normalized spacial score (nSPS) is 22.0. The molecule has 9 heteroatoms. The number of anilines is 1. The Morgan fingerprint density at radius 3 is 2.46 bits per heavy atom. The van der Waals surface area contributed by atoms with E-state index in [0.717, 1.165) is 68.8 Å². The molecule has 8 nitrogen and oxygen atoms in total.